The zero-order valence-electron chi connectivity index (χ0n) is 10.4. The van der Waals surface area contributed by atoms with Crippen molar-refractivity contribution in [3.05, 3.63) is 41.1 Å². The Labute approximate surface area is 110 Å². The summed E-state index contributed by atoms with van der Waals surface area (Å²) >= 11 is 0. The van der Waals surface area contributed by atoms with Crippen LogP contribution in [0.4, 0.5) is 0 Å². The molecule has 0 saturated heterocycles. The Morgan fingerprint density at radius 1 is 1.26 bits per heavy atom. The van der Waals surface area contributed by atoms with Crippen molar-refractivity contribution in [3.8, 4) is 5.75 Å². The summed E-state index contributed by atoms with van der Waals surface area (Å²) in [5.74, 6) is 0.0885. The number of amides is 1. The van der Waals surface area contributed by atoms with Crippen LogP contribution in [-0.4, -0.2) is 25.6 Å². The number of benzene rings is 1. The first kappa shape index (κ1) is 11.8. The van der Waals surface area contributed by atoms with Crippen LogP contribution in [0.3, 0.4) is 0 Å². The largest absolute Gasteiger partial charge is 0.497 e. The van der Waals surface area contributed by atoms with Gasteiger partial charge in [0.25, 0.3) is 0 Å². The van der Waals surface area contributed by atoms with Crippen LogP contribution in [-0.2, 0) is 14.3 Å². The summed E-state index contributed by atoms with van der Waals surface area (Å²) in [4.78, 5) is 23.4. The maximum absolute atomic E-state index is 11.8. The molecule has 1 amide bonds. The molecule has 2 aliphatic rings. The summed E-state index contributed by atoms with van der Waals surface area (Å²) in [5.41, 5.74) is 2.09. The van der Waals surface area contributed by atoms with Gasteiger partial charge in [-0.2, -0.15) is 0 Å². The van der Waals surface area contributed by atoms with E-state index in [0.717, 1.165) is 11.3 Å². The molecule has 0 bridgehead atoms. The number of cyclic esters (lactones) is 1. The number of ether oxygens (including phenoxy) is 2. The van der Waals surface area contributed by atoms with Crippen LogP contribution in [0, 0.1) is 0 Å². The van der Waals surface area contributed by atoms with E-state index in [0.29, 0.717) is 11.3 Å². The van der Waals surface area contributed by atoms with Crippen LogP contribution in [0.25, 0.3) is 0 Å². The Balaban J connectivity index is 1.99. The van der Waals surface area contributed by atoms with Crippen molar-refractivity contribution in [3.63, 3.8) is 0 Å². The van der Waals surface area contributed by atoms with Crippen LogP contribution in [0.2, 0.25) is 0 Å². The molecule has 3 rings (SSSR count). The average molecular weight is 259 g/mol. The molecular weight excluding hydrogens is 246 g/mol. The topological polar surface area (TPSA) is 64.6 Å². The van der Waals surface area contributed by atoms with Gasteiger partial charge in [0, 0.05) is 12.3 Å². The highest BCUT2D eigenvalue weighted by Gasteiger charge is 2.38. The normalized spacial score (nSPS) is 21.8. The number of hydrogen-bond acceptors (Lipinski definition) is 4. The van der Waals surface area contributed by atoms with Crippen LogP contribution in [0.5, 0.6) is 5.75 Å². The average Bonchev–Trinajstić information content (AvgIpc) is 2.79. The van der Waals surface area contributed by atoms with E-state index in [9.17, 15) is 9.59 Å². The maximum Gasteiger partial charge on any atom is 0.336 e. The van der Waals surface area contributed by atoms with Gasteiger partial charge in [0.05, 0.1) is 18.4 Å². The fourth-order valence-corrected chi connectivity index (χ4v) is 2.50. The monoisotopic (exact) mass is 259 g/mol. The molecule has 1 atom stereocenters. The van der Waals surface area contributed by atoms with Crippen molar-refractivity contribution in [2.75, 3.05) is 13.7 Å². The molecule has 2 aliphatic heterocycles. The van der Waals surface area contributed by atoms with Gasteiger partial charge in [-0.25, -0.2) is 4.79 Å². The van der Waals surface area contributed by atoms with Crippen molar-refractivity contribution in [2.45, 2.75) is 12.3 Å². The van der Waals surface area contributed by atoms with E-state index in [-0.39, 0.29) is 30.8 Å². The Bertz CT molecular complexity index is 574. The molecule has 0 aromatic heterocycles. The third-order valence-electron chi connectivity index (χ3n) is 3.44. The fourth-order valence-electron chi connectivity index (χ4n) is 2.50. The molecule has 19 heavy (non-hydrogen) atoms. The first-order valence-electron chi connectivity index (χ1n) is 6.03. The third-order valence-corrected chi connectivity index (χ3v) is 3.44. The minimum absolute atomic E-state index is 0.0853. The second kappa shape index (κ2) is 4.42. The molecule has 1 N–H and O–H groups in total. The molecule has 5 nitrogen and oxygen atoms in total. The van der Waals surface area contributed by atoms with Crippen LogP contribution in [0.15, 0.2) is 35.5 Å². The number of rotatable bonds is 2. The summed E-state index contributed by atoms with van der Waals surface area (Å²) in [5, 5.41) is 2.70. The lowest BCUT2D eigenvalue weighted by molar-refractivity contribution is -0.136. The Kier molecular flexibility index (Phi) is 2.74. The van der Waals surface area contributed by atoms with Gasteiger partial charge in [0.2, 0.25) is 5.91 Å². The Morgan fingerprint density at radius 3 is 2.68 bits per heavy atom. The van der Waals surface area contributed by atoms with E-state index < -0.39 is 0 Å². The van der Waals surface area contributed by atoms with E-state index in [2.05, 4.69) is 5.32 Å². The second-order valence-corrected chi connectivity index (χ2v) is 4.55. The third kappa shape index (κ3) is 1.97. The SMILES string of the molecule is COc1ccc(C2CC(=O)NC3=C2C(=O)OC3)cc1. The first-order valence-corrected chi connectivity index (χ1v) is 6.03. The van der Waals surface area contributed by atoms with Gasteiger partial charge in [-0.05, 0) is 17.7 Å². The van der Waals surface area contributed by atoms with Crippen LogP contribution in [0.1, 0.15) is 17.9 Å². The van der Waals surface area contributed by atoms with E-state index in [4.69, 9.17) is 9.47 Å². The first-order chi connectivity index (χ1) is 9.19. The quantitative estimate of drug-likeness (QED) is 0.808. The summed E-state index contributed by atoms with van der Waals surface area (Å²) in [6.07, 6.45) is 0.264. The minimum atomic E-state index is -0.337. The van der Waals surface area contributed by atoms with E-state index in [1.54, 1.807) is 7.11 Å². The minimum Gasteiger partial charge on any atom is -0.497 e. The van der Waals surface area contributed by atoms with Gasteiger partial charge in [-0.15, -0.1) is 0 Å². The predicted molar refractivity (Wildman–Crippen MR) is 66.5 cm³/mol. The van der Waals surface area contributed by atoms with Crippen LogP contribution >= 0.6 is 0 Å². The lowest BCUT2D eigenvalue weighted by Gasteiger charge is -2.22. The molecule has 2 heterocycles. The molecule has 5 heteroatoms. The van der Waals surface area contributed by atoms with Gasteiger partial charge in [-0.3, -0.25) is 4.79 Å². The van der Waals surface area contributed by atoms with Crippen molar-refractivity contribution in [1.82, 2.24) is 5.32 Å². The van der Waals surface area contributed by atoms with E-state index in [1.165, 1.54) is 0 Å². The molecular formula is C14H13NO4. The summed E-state index contributed by atoms with van der Waals surface area (Å²) in [6, 6.07) is 7.39. The smallest absolute Gasteiger partial charge is 0.336 e. The summed E-state index contributed by atoms with van der Waals surface area (Å²) in [7, 11) is 1.60. The molecule has 98 valence electrons. The molecule has 0 aliphatic carbocycles. The lowest BCUT2D eigenvalue weighted by Crippen LogP contribution is -2.32. The standard InChI is InChI=1S/C14H13NO4/c1-18-9-4-2-8(3-5-9)10-6-12(16)15-11-7-19-14(17)13(10)11/h2-5,10H,6-7H2,1H3,(H,15,16). The van der Waals surface area contributed by atoms with Crippen molar-refractivity contribution < 1.29 is 19.1 Å². The number of carbonyl (C=O) groups is 2. The molecule has 0 spiro atoms. The van der Waals surface area contributed by atoms with Gasteiger partial charge in [0.15, 0.2) is 0 Å². The zero-order chi connectivity index (χ0) is 13.4. The molecule has 1 unspecified atom stereocenters. The van der Waals surface area contributed by atoms with Crippen LogP contribution < -0.4 is 10.1 Å². The Hall–Kier alpha value is -2.30. The van der Waals surface area contributed by atoms with E-state index >= 15 is 0 Å². The number of methoxy groups -OCH3 is 1. The number of nitrogens with one attached hydrogen (secondary N) is 1. The highest BCUT2D eigenvalue weighted by molar-refractivity contribution is 5.98. The summed E-state index contributed by atoms with van der Waals surface area (Å²) < 4.78 is 10.1. The van der Waals surface area contributed by atoms with Crippen molar-refractivity contribution in [1.29, 1.82) is 0 Å². The van der Waals surface area contributed by atoms with Gasteiger partial charge in [0.1, 0.15) is 12.4 Å². The Morgan fingerprint density at radius 2 is 2.00 bits per heavy atom. The highest BCUT2D eigenvalue weighted by atomic mass is 16.5. The van der Waals surface area contributed by atoms with Crippen molar-refractivity contribution in [2.24, 2.45) is 0 Å². The van der Waals surface area contributed by atoms with Gasteiger partial charge < -0.3 is 14.8 Å². The molecule has 1 aromatic carbocycles. The predicted octanol–water partition coefficient (Wildman–Crippen LogP) is 1.11. The zero-order valence-corrected chi connectivity index (χ0v) is 10.4. The molecule has 0 fully saturated rings. The fraction of sp³-hybridized carbons (Fsp3) is 0.286. The number of esters is 1. The molecule has 0 radical (unpaired) electrons. The van der Waals surface area contributed by atoms with E-state index in [1.807, 2.05) is 24.3 Å². The second-order valence-electron chi connectivity index (χ2n) is 4.55. The maximum atomic E-state index is 11.8. The lowest BCUT2D eigenvalue weighted by atomic mass is 9.85. The highest BCUT2D eigenvalue weighted by Crippen LogP contribution is 2.36. The van der Waals surface area contributed by atoms with Gasteiger partial charge >= 0.3 is 5.97 Å². The summed E-state index contributed by atoms with van der Waals surface area (Å²) in [6.45, 7) is 0.159. The van der Waals surface area contributed by atoms with Gasteiger partial charge in [-0.1, -0.05) is 12.1 Å². The van der Waals surface area contributed by atoms with Crippen molar-refractivity contribution >= 4 is 11.9 Å². The number of carbonyl (C=O) groups excluding carboxylic acids is 2. The molecule has 1 aromatic rings. The molecule has 0 saturated carbocycles. The number of hydrogen-bond donors (Lipinski definition) is 1.